The molecule has 1 aromatic carbocycles. The number of ether oxygens (including phenoxy) is 1. The molecule has 2 N–H and O–H groups in total. The Morgan fingerprint density at radius 1 is 1.36 bits per heavy atom. The van der Waals surface area contributed by atoms with Crippen molar-refractivity contribution >= 4 is 11.6 Å². The summed E-state index contributed by atoms with van der Waals surface area (Å²) in [5.41, 5.74) is 3.54. The van der Waals surface area contributed by atoms with Crippen molar-refractivity contribution in [1.29, 1.82) is 0 Å². The summed E-state index contributed by atoms with van der Waals surface area (Å²) in [5, 5.41) is 0. The van der Waals surface area contributed by atoms with E-state index in [2.05, 4.69) is 0 Å². The van der Waals surface area contributed by atoms with Crippen LogP contribution in [-0.4, -0.2) is 32.0 Å². The number of rotatable bonds is 4. The number of anilines is 1. The minimum absolute atomic E-state index is 0.0969. The number of methoxy groups -OCH3 is 1. The van der Waals surface area contributed by atoms with Gasteiger partial charge >= 0.3 is 0 Å². The smallest absolute Gasteiger partial charge is 0.248 e. The van der Waals surface area contributed by atoms with Gasteiger partial charge < -0.3 is 15.4 Å². The minimum atomic E-state index is -2.88. The molecule has 1 aliphatic carbocycles. The zero-order valence-electron chi connectivity index (χ0n) is 13.8. The molecule has 1 aliphatic heterocycles. The first kappa shape index (κ1) is 18.0. The number of carbonyl (C=O) groups is 1. The molecule has 0 aromatic heterocycles. The van der Waals surface area contributed by atoms with E-state index in [9.17, 15) is 22.4 Å². The maximum Gasteiger partial charge on any atom is 0.248 e. The van der Waals surface area contributed by atoms with Gasteiger partial charge in [-0.25, -0.2) is 17.6 Å². The topological polar surface area (TPSA) is 55.6 Å². The van der Waals surface area contributed by atoms with Gasteiger partial charge in [-0.1, -0.05) is 0 Å². The number of nitrogens with zero attached hydrogens (tertiary/aromatic N) is 1. The van der Waals surface area contributed by atoms with Gasteiger partial charge in [0.2, 0.25) is 11.8 Å². The lowest BCUT2D eigenvalue weighted by Crippen LogP contribution is -2.47. The van der Waals surface area contributed by atoms with Crippen LogP contribution in [0, 0.1) is 17.6 Å². The van der Waals surface area contributed by atoms with Gasteiger partial charge in [0, 0.05) is 25.5 Å². The molecule has 8 heteroatoms. The zero-order chi connectivity index (χ0) is 18.4. The largest absolute Gasteiger partial charge is 0.371 e. The molecular weight excluding hydrogens is 340 g/mol. The van der Waals surface area contributed by atoms with Crippen LogP contribution in [0.25, 0.3) is 0 Å². The Kier molecular flexibility index (Phi) is 4.43. The number of alkyl halides is 2. The number of halogens is 4. The fourth-order valence-corrected chi connectivity index (χ4v) is 4.25. The average molecular weight is 360 g/mol. The van der Waals surface area contributed by atoms with Crippen LogP contribution < -0.4 is 10.6 Å². The van der Waals surface area contributed by atoms with Gasteiger partial charge in [0.1, 0.15) is 17.2 Å². The first-order valence-electron chi connectivity index (χ1n) is 8.15. The highest BCUT2D eigenvalue weighted by Gasteiger charge is 2.55. The molecule has 138 valence electrons. The maximum atomic E-state index is 14.6. The zero-order valence-corrected chi connectivity index (χ0v) is 13.8. The number of amides is 1. The summed E-state index contributed by atoms with van der Waals surface area (Å²) in [5.74, 6) is -5.78. The van der Waals surface area contributed by atoms with Crippen LogP contribution in [-0.2, 0) is 15.1 Å². The standard InChI is InChI=1S/C17H20F4N2O2/c1-25-17(10-3-2-6-16(20,21)7-10)9-23(8-13(22)24)15-12(19)5-4-11(18)14(15)17/h4-5,10H,2-3,6-9H2,1H3,(H2,22,24)/t10-,17-/m0/s1. The Hall–Kier alpha value is -1.83. The van der Waals surface area contributed by atoms with Crippen LogP contribution in [0.15, 0.2) is 12.1 Å². The van der Waals surface area contributed by atoms with E-state index in [1.165, 1.54) is 12.0 Å². The fraction of sp³-hybridized carbons (Fsp3) is 0.588. The van der Waals surface area contributed by atoms with Crippen molar-refractivity contribution in [3.8, 4) is 0 Å². The van der Waals surface area contributed by atoms with Gasteiger partial charge in [-0.3, -0.25) is 4.79 Å². The number of hydrogen-bond donors (Lipinski definition) is 1. The Labute approximate surface area is 142 Å². The summed E-state index contributed by atoms with van der Waals surface area (Å²) in [4.78, 5) is 12.6. The second-order valence-corrected chi connectivity index (χ2v) is 6.82. The van der Waals surface area contributed by atoms with Gasteiger partial charge in [0.25, 0.3) is 0 Å². The summed E-state index contributed by atoms with van der Waals surface area (Å²) in [6.45, 7) is -0.442. The lowest BCUT2D eigenvalue weighted by molar-refractivity contribution is -0.125. The van der Waals surface area contributed by atoms with Crippen LogP contribution in [0.5, 0.6) is 0 Å². The van der Waals surface area contributed by atoms with Crippen molar-refractivity contribution in [3.63, 3.8) is 0 Å². The molecule has 25 heavy (non-hydrogen) atoms. The van der Waals surface area contributed by atoms with Crippen molar-refractivity contribution < 1.29 is 27.1 Å². The molecule has 0 spiro atoms. The van der Waals surface area contributed by atoms with E-state index in [0.717, 1.165) is 12.1 Å². The van der Waals surface area contributed by atoms with Crippen LogP contribution in [0.4, 0.5) is 23.2 Å². The quantitative estimate of drug-likeness (QED) is 0.840. The molecule has 4 nitrogen and oxygen atoms in total. The monoisotopic (exact) mass is 360 g/mol. The van der Waals surface area contributed by atoms with E-state index in [1.54, 1.807) is 0 Å². The van der Waals surface area contributed by atoms with Crippen LogP contribution >= 0.6 is 0 Å². The third-order valence-electron chi connectivity index (χ3n) is 5.25. The van der Waals surface area contributed by atoms with Crippen molar-refractivity contribution in [3.05, 3.63) is 29.3 Å². The van der Waals surface area contributed by atoms with Crippen LogP contribution in [0.2, 0.25) is 0 Å². The molecule has 0 bridgehead atoms. The molecular formula is C17H20F4N2O2. The highest BCUT2D eigenvalue weighted by molar-refractivity contribution is 5.81. The normalized spacial score (nSPS) is 28.0. The fourth-order valence-electron chi connectivity index (χ4n) is 4.25. The lowest BCUT2D eigenvalue weighted by atomic mass is 9.72. The maximum absolute atomic E-state index is 14.6. The van der Waals surface area contributed by atoms with Gasteiger partial charge in [0.05, 0.1) is 18.8 Å². The number of benzene rings is 1. The van der Waals surface area contributed by atoms with E-state index in [0.29, 0.717) is 6.42 Å². The lowest BCUT2D eigenvalue weighted by Gasteiger charge is -2.41. The molecule has 2 atom stereocenters. The molecule has 0 saturated heterocycles. The number of nitrogens with two attached hydrogens (primary N) is 1. The Bertz CT molecular complexity index is 697. The van der Waals surface area contributed by atoms with E-state index in [1.807, 2.05) is 0 Å². The highest BCUT2D eigenvalue weighted by atomic mass is 19.3. The van der Waals surface area contributed by atoms with Gasteiger partial charge in [0.15, 0.2) is 0 Å². The number of primary amides is 1. The Morgan fingerprint density at radius 3 is 2.64 bits per heavy atom. The summed E-state index contributed by atoms with van der Waals surface area (Å²) < 4.78 is 62.5. The van der Waals surface area contributed by atoms with Gasteiger partial charge in [-0.05, 0) is 30.9 Å². The molecule has 3 rings (SSSR count). The number of fused-ring (bicyclic) bond motifs is 1. The first-order chi connectivity index (χ1) is 11.7. The summed E-state index contributed by atoms with van der Waals surface area (Å²) in [6, 6.07) is 1.90. The molecule has 0 unspecified atom stereocenters. The van der Waals surface area contributed by atoms with E-state index in [4.69, 9.17) is 10.5 Å². The molecule has 2 aliphatic rings. The third kappa shape index (κ3) is 2.96. The Morgan fingerprint density at radius 2 is 2.04 bits per heavy atom. The van der Waals surface area contributed by atoms with Gasteiger partial charge in [-0.15, -0.1) is 0 Å². The second-order valence-electron chi connectivity index (χ2n) is 6.82. The van der Waals surface area contributed by atoms with Crippen molar-refractivity contribution in [2.45, 2.75) is 37.2 Å². The molecule has 1 fully saturated rings. The van der Waals surface area contributed by atoms with Crippen molar-refractivity contribution in [2.75, 3.05) is 25.1 Å². The van der Waals surface area contributed by atoms with Crippen molar-refractivity contribution in [2.24, 2.45) is 11.7 Å². The molecule has 1 heterocycles. The third-order valence-corrected chi connectivity index (χ3v) is 5.25. The van der Waals surface area contributed by atoms with Crippen LogP contribution in [0.1, 0.15) is 31.2 Å². The molecule has 0 radical (unpaired) electrons. The predicted octanol–water partition coefficient (Wildman–Crippen LogP) is 2.94. The SMILES string of the molecule is CO[C@]1([C@H]2CCCC(F)(F)C2)CN(CC(N)=O)c2c(F)ccc(F)c21. The van der Waals surface area contributed by atoms with Gasteiger partial charge in [-0.2, -0.15) is 0 Å². The van der Waals surface area contributed by atoms with Crippen LogP contribution in [0.3, 0.4) is 0 Å². The Balaban J connectivity index is 2.12. The average Bonchev–Trinajstić information content (AvgIpc) is 2.86. The van der Waals surface area contributed by atoms with E-state index in [-0.39, 0.29) is 37.2 Å². The van der Waals surface area contributed by atoms with E-state index < -0.39 is 41.4 Å². The summed E-state index contributed by atoms with van der Waals surface area (Å²) >= 11 is 0. The second kappa shape index (κ2) is 6.16. The van der Waals surface area contributed by atoms with Crippen molar-refractivity contribution in [1.82, 2.24) is 0 Å². The minimum Gasteiger partial charge on any atom is -0.371 e. The summed E-state index contributed by atoms with van der Waals surface area (Å²) in [6.07, 6.45) is -0.0263. The molecule has 1 amide bonds. The number of carbonyl (C=O) groups excluding carboxylic acids is 1. The first-order valence-corrected chi connectivity index (χ1v) is 8.15. The summed E-state index contributed by atoms with van der Waals surface area (Å²) in [7, 11) is 1.30. The number of hydrogen-bond acceptors (Lipinski definition) is 3. The van der Waals surface area contributed by atoms with E-state index >= 15 is 0 Å². The predicted molar refractivity (Wildman–Crippen MR) is 83.4 cm³/mol. The molecule has 1 saturated carbocycles. The molecule has 1 aromatic rings. The highest BCUT2D eigenvalue weighted by Crippen LogP contribution is 2.53.